The van der Waals surface area contributed by atoms with Crippen molar-refractivity contribution < 1.29 is 38.1 Å². The minimum absolute atomic E-state index is 0.194. The van der Waals surface area contributed by atoms with Gasteiger partial charge in [-0.1, -0.05) is 0 Å². The second-order valence-electron chi connectivity index (χ2n) is 12.7. The average Bonchev–Trinajstić information content (AvgIpc) is 3.73. The molecule has 2 atom stereocenters. The van der Waals surface area contributed by atoms with Crippen LogP contribution in [0.5, 0.6) is 0 Å². The molecule has 0 aliphatic carbocycles. The van der Waals surface area contributed by atoms with Gasteiger partial charge in [-0.05, 0) is 98.9 Å². The number of H-pyrrole nitrogens is 2. The molecule has 2 aromatic rings. The molecule has 262 valence electrons. The van der Waals surface area contributed by atoms with Crippen LogP contribution < -0.4 is 10.6 Å². The first kappa shape index (κ1) is 35.6. The van der Waals surface area contributed by atoms with Crippen LogP contribution in [0.2, 0.25) is 0 Å². The summed E-state index contributed by atoms with van der Waals surface area (Å²) in [6.45, 7) is 7.77. The van der Waals surface area contributed by atoms with E-state index >= 15 is 0 Å². The quantitative estimate of drug-likeness (QED) is 0.304. The van der Waals surface area contributed by atoms with Gasteiger partial charge in [0, 0.05) is 67.7 Å². The molecule has 3 aliphatic heterocycles. The van der Waals surface area contributed by atoms with E-state index in [4.69, 9.17) is 18.9 Å². The molecule has 8 bridgehead atoms. The number of esters is 2. The summed E-state index contributed by atoms with van der Waals surface area (Å²) in [4.78, 5) is 58.4. The molecule has 5 heterocycles. The fraction of sp³-hybridized carbons (Fsp3) is 0.459. The minimum atomic E-state index is -0.523. The molecule has 49 heavy (non-hydrogen) atoms. The average molecular weight is 675 g/mol. The van der Waals surface area contributed by atoms with E-state index in [2.05, 4.69) is 20.6 Å². The highest BCUT2D eigenvalue weighted by molar-refractivity contribution is 6.03. The summed E-state index contributed by atoms with van der Waals surface area (Å²) in [5, 5.41) is 6.05. The summed E-state index contributed by atoms with van der Waals surface area (Å²) in [7, 11) is 5.90. The highest BCUT2D eigenvalue weighted by atomic mass is 16.5. The fourth-order valence-electron chi connectivity index (χ4n) is 7.16. The predicted molar refractivity (Wildman–Crippen MR) is 183 cm³/mol. The lowest BCUT2D eigenvalue weighted by molar-refractivity contribution is -0.141. The van der Waals surface area contributed by atoms with Gasteiger partial charge in [-0.15, -0.1) is 0 Å². The van der Waals surface area contributed by atoms with Crippen LogP contribution in [0.1, 0.15) is 84.6 Å². The van der Waals surface area contributed by atoms with Gasteiger partial charge in [0.25, 0.3) is 11.8 Å². The van der Waals surface area contributed by atoms with E-state index in [0.717, 1.165) is 56.2 Å². The lowest BCUT2D eigenvalue weighted by Crippen LogP contribution is -2.28. The first-order chi connectivity index (χ1) is 23.4. The Kier molecular flexibility index (Phi) is 10.8. The Morgan fingerprint density at radius 2 is 1.06 bits per heavy atom. The lowest BCUT2D eigenvalue weighted by Gasteiger charge is -2.21. The molecule has 12 heteroatoms. The maximum Gasteiger partial charge on any atom is 0.305 e. The van der Waals surface area contributed by atoms with E-state index in [1.165, 1.54) is 14.2 Å². The zero-order chi connectivity index (χ0) is 35.6. The number of aromatic amines is 2. The summed E-state index contributed by atoms with van der Waals surface area (Å²) >= 11 is 0. The molecule has 0 fully saturated rings. The van der Waals surface area contributed by atoms with Crippen molar-refractivity contribution in [1.29, 1.82) is 0 Å². The fourth-order valence-corrected chi connectivity index (χ4v) is 7.16. The molecule has 0 saturated carbocycles. The van der Waals surface area contributed by atoms with Crippen molar-refractivity contribution >= 4 is 35.9 Å². The number of ether oxygens (including phenoxy) is 4. The van der Waals surface area contributed by atoms with Crippen LogP contribution in [0, 0.1) is 13.8 Å². The van der Waals surface area contributed by atoms with E-state index in [1.807, 2.05) is 39.8 Å². The van der Waals surface area contributed by atoms with Gasteiger partial charge in [-0.2, -0.15) is 0 Å². The van der Waals surface area contributed by atoms with Crippen molar-refractivity contribution in [3.63, 3.8) is 0 Å². The van der Waals surface area contributed by atoms with Crippen LogP contribution >= 0.6 is 0 Å². The highest BCUT2D eigenvalue weighted by Crippen LogP contribution is 2.34. The Morgan fingerprint density at radius 3 is 1.41 bits per heavy atom. The van der Waals surface area contributed by atoms with Gasteiger partial charge in [0.1, 0.15) is 0 Å². The number of fused-ring (bicyclic) bond motifs is 6. The SMILES string of the molecule is COC(=O)CCc1c2[nH]c(c1C)/C=C1\NC(=O)C(=C1C)C(OC)CCC(OC)C1=C(C)/C(=C/c3[nH]c(c(CCC(=O)OC)c3C)C2)NC1=O. The maximum atomic E-state index is 13.4. The number of methoxy groups -OCH3 is 4. The Morgan fingerprint density at radius 1 is 0.673 bits per heavy atom. The third kappa shape index (κ3) is 7.06. The molecule has 2 aromatic heterocycles. The van der Waals surface area contributed by atoms with Crippen LogP contribution in [-0.2, 0) is 57.4 Å². The van der Waals surface area contributed by atoms with Crippen molar-refractivity contribution in [3.05, 3.63) is 78.7 Å². The van der Waals surface area contributed by atoms with E-state index in [-0.39, 0.29) is 36.6 Å². The third-order valence-corrected chi connectivity index (χ3v) is 10.1. The number of nitrogens with one attached hydrogen (secondary N) is 4. The predicted octanol–water partition coefficient (Wildman–Crippen LogP) is 4.16. The third-order valence-electron chi connectivity index (χ3n) is 10.1. The molecule has 12 nitrogen and oxygen atoms in total. The molecule has 0 spiro atoms. The molecule has 2 unspecified atom stereocenters. The summed E-state index contributed by atoms with van der Waals surface area (Å²) in [5.74, 6) is -1.10. The summed E-state index contributed by atoms with van der Waals surface area (Å²) in [6.07, 6.45) is 5.40. The number of carbonyl (C=O) groups is 4. The van der Waals surface area contributed by atoms with Gasteiger partial charge in [0.05, 0.1) is 37.6 Å². The number of hydrogen-bond acceptors (Lipinski definition) is 8. The number of hydrogen-bond donors (Lipinski definition) is 4. The Balaban J connectivity index is 1.72. The van der Waals surface area contributed by atoms with Gasteiger partial charge in [0.2, 0.25) is 0 Å². The van der Waals surface area contributed by atoms with Crippen LogP contribution in [0.3, 0.4) is 0 Å². The number of amides is 2. The first-order valence-electron chi connectivity index (χ1n) is 16.5. The molecular weight excluding hydrogens is 628 g/mol. The van der Waals surface area contributed by atoms with Crippen molar-refractivity contribution in [2.45, 2.75) is 84.8 Å². The van der Waals surface area contributed by atoms with Crippen LogP contribution in [0.25, 0.3) is 12.2 Å². The van der Waals surface area contributed by atoms with E-state index in [0.29, 0.717) is 54.6 Å². The van der Waals surface area contributed by atoms with Gasteiger partial charge in [-0.3, -0.25) is 19.2 Å². The molecule has 0 saturated heterocycles. The number of carbonyl (C=O) groups excluding carboxylic acids is 4. The van der Waals surface area contributed by atoms with E-state index < -0.39 is 12.2 Å². The molecule has 5 rings (SSSR count). The summed E-state index contributed by atoms with van der Waals surface area (Å²) in [5.41, 5.74) is 11.1. The van der Waals surface area contributed by atoms with Gasteiger partial charge in [-0.25, -0.2) is 0 Å². The molecule has 0 radical (unpaired) electrons. The zero-order valence-corrected chi connectivity index (χ0v) is 29.5. The van der Waals surface area contributed by atoms with Gasteiger partial charge < -0.3 is 39.5 Å². The standard InChI is InChI=1S/C37H46N4O8/c1-18-22(9-13-32(42)48-7)28-17-29-23(10-14-33(43)49-8)19(2)25(39-29)16-27-21(4)35(37(45)41-27)31(47-6)12-11-30(46-5)34-20(3)26(40-36(34)44)15-24(18)38-28/h15-16,30-31,38-39H,9-14,17H2,1-8H3,(H,40,44)(H,41,45)/b26-15-,27-16-. The van der Waals surface area contributed by atoms with Gasteiger partial charge in [0.15, 0.2) is 0 Å². The second-order valence-corrected chi connectivity index (χ2v) is 12.7. The Bertz CT molecular complexity index is 1690. The molecule has 3 aliphatic rings. The molecule has 4 N–H and O–H groups in total. The number of rotatable bonds is 8. The summed E-state index contributed by atoms with van der Waals surface area (Å²) in [6, 6.07) is 0. The van der Waals surface area contributed by atoms with Crippen LogP contribution in [0.15, 0.2) is 33.7 Å². The summed E-state index contributed by atoms with van der Waals surface area (Å²) < 4.78 is 21.6. The van der Waals surface area contributed by atoms with Crippen LogP contribution in [0.4, 0.5) is 0 Å². The molecule has 2 amide bonds. The molecular formula is C37H46N4O8. The van der Waals surface area contributed by atoms with Crippen molar-refractivity contribution in [3.8, 4) is 0 Å². The first-order valence-corrected chi connectivity index (χ1v) is 16.5. The van der Waals surface area contributed by atoms with E-state index in [1.54, 1.807) is 14.2 Å². The van der Waals surface area contributed by atoms with Crippen LogP contribution in [-0.4, -0.2) is 74.4 Å². The van der Waals surface area contributed by atoms with Crippen molar-refractivity contribution in [1.82, 2.24) is 20.6 Å². The Labute approximate surface area is 286 Å². The topological polar surface area (TPSA) is 161 Å². The van der Waals surface area contributed by atoms with Crippen molar-refractivity contribution in [2.75, 3.05) is 28.4 Å². The maximum absolute atomic E-state index is 13.4. The van der Waals surface area contributed by atoms with Crippen molar-refractivity contribution in [2.24, 2.45) is 0 Å². The minimum Gasteiger partial charge on any atom is -0.469 e. The van der Waals surface area contributed by atoms with E-state index in [9.17, 15) is 19.2 Å². The monoisotopic (exact) mass is 674 g/mol. The lowest BCUT2D eigenvalue weighted by atomic mass is 9.95. The highest BCUT2D eigenvalue weighted by Gasteiger charge is 2.35. The van der Waals surface area contributed by atoms with Gasteiger partial charge >= 0.3 is 11.9 Å². The Hall–Kier alpha value is -4.68. The second kappa shape index (κ2) is 14.8. The smallest absolute Gasteiger partial charge is 0.305 e. The molecule has 0 aromatic carbocycles. The largest absolute Gasteiger partial charge is 0.469 e. The number of allylic oxidation sites excluding steroid dienone is 2. The normalized spacial score (nSPS) is 21.6. The number of aromatic nitrogens is 2. The zero-order valence-electron chi connectivity index (χ0n) is 29.5.